The van der Waals surface area contributed by atoms with Crippen molar-refractivity contribution in [1.82, 2.24) is 4.98 Å². The third-order valence-corrected chi connectivity index (χ3v) is 2.53. The van der Waals surface area contributed by atoms with Crippen LogP contribution in [-0.4, -0.2) is 17.9 Å². The van der Waals surface area contributed by atoms with Crippen LogP contribution in [0.1, 0.15) is 23.0 Å². The van der Waals surface area contributed by atoms with E-state index >= 15 is 0 Å². The van der Waals surface area contributed by atoms with Gasteiger partial charge in [-0.3, -0.25) is 9.78 Å². The van der Waals surface area contributed by atoms with Gasteiger partial charge in [0.1, 0.15) is 6.61 Å². The Kier molecular flexibility index (Phi) is 4.50. The van der Waals surface area contributed by atoms with Crippen LogP contribution in [0, 0.1) is 0 Å². The summed E-state index contributed by atoms with van der Waals surface area (Å²) >= 11 is 0. The lowest BCUT2D eigenvalue weighted by Crippen LogP contribution is -2.03. The van der Waals surface area contributed by atoms with Crippen LogP contribution in [0.5, 0.6) is 11.5 Å². The third kappa shape index (κ3) is 3.31. The van der Waals surface area contributed by atoms with Crippen molar-refractivity contribution in [2.24, 2.45) is 0 Å². The first-order valence-corrected chi connectivity index (χ1v) is 6.09. The van der Waals surface area contributed by atoms with Crippen LogP contribution < -0.4 is 9.47 Å². The molecule has 0 atom stereocenters. The number of pyridine rings is 1. The average molecular weight is 257 g/mol. The van der Waals surface area contributed by atoms with E-state index < -0.39 is 0 Å². The molecule has 0 saturated heterocycles. The number of hydrogen-bond donors (Lipinski definition) is 0. The standard InChI is InChI=1S/C15H15NO3/c1-2-18-14-8-5-6-12(10-17)15(14)19-11-13-7-3-4-9-16-13/h3-10H,2,11H2,1H3. The van der Waals surface area contributed by atoms with Gasteiger partial charge in [0.05, 0.1) is 17.9 Å². The van der Waals surface area contributed by atoms with Crippen molar-refractivity contribution in [3.63, 3.8) is 0 Å². The largest absolute Gasteiger partial charge is 0.490 e. The Morgan fingerprint density at radius 3 is 2.74 bits per heavy atom. The van der Waals surface area contributed by atoms with Crippen LogP contribution in [0.3, 0.4) is 0 Å². The minimum Gasteiger partial charge on any atom is -0.490 e. The Bertz CT molecular complexity index is 540. The summed E-state index contributed by atoms with van der Waals surface area (Å²) in [5.41, 5.74) is 1.27. The molecule has 1 heterocycles. The Morgan fingerprint density at radius 2 is 2.05 bits per heavy atom. The van der Waals surface area contributed by atoms with Crippen molar-refractivity contribution in [2.45, 2.75) is 13.5 Å². The number of hydrogen-bond acceptors (Lipinski definition) is 4. The quantitative estimate of drug-likeness (QED) is 0.746. The van der Waals surface area contributed by atoms with Crippen molar-refractivity contribution in [1.29, 1.82) is 0 Å². The number of para-hydroxylation sites is 1. The maximum atomic E-state index is 11.0. The maximum absolute atomic E-state index is 11.0. The van der Waals surface area contributed by atoms with Gasteiger partial charge in [-0.2, -0.15) is 0 Å². The lowest BCUT2D eigenvalue weighted by atomic mass is 10.2. The topological polar surface area (TPSA) is 48.4 Å². The van der Waals surface area contributed by atoms with Crippen LogP contribution in [0.15, 0.2) is 42.6 Å². The fourth-order valence-electron chi connectivity index (χ4n) is 1.68. The van der Waals surface area contributed by atoms with Crippen molar-refractivity contribution in [3.05, 3.63) is 53.9 Å². The molecule has 4 nitrogen and oxygen atoms in total. The van der Waals surface area contributed by atoms with Crippen LogP contribution in [0.25, 0.3) is 0 Å². The smallest absolute Gasteiger partial charge is 0.172 e. The first-order chi connectivity index (χ1) is 9.35. The fraction of sp³-hybridized carbons (Fsp3) is 0.200. The maximum Gasteiger partial charge on any atom is 0.172 e. The van der Waals surface area contributed by atoms with E-state index in [9.17, 15) is 4.79 Å². The summed E-state index contributed by atoms with van der Waals surface area (Å²) in [6, 6.07) is 10.8. The molecule has 0 N–H and O–H groups in total. The van der Waals surface area contributed by atoms with Gasteiger partial charge in [0, 0.05) is 6.20 Å². The summed E-state index contributed by atoms with van der Waals surface area (Å²) in [4.78, 5) is 15.2. The summed E-state index contributed by atoms with van der Waals surface area (Å²) in [5.74, 6) is 1.04. The highest BCUT2D eigenvalue weighted by Crippen LogP contribution is 2.30. The van der Waals surface area contributed by atoms with Gasteiger partial charge >= 0.3 is 0 Å². The lowest BCUT2D eigenvalue weighted by Gasteiger charge is -2.13. The molecule has 0 aliphatic heterocycles. The van der Waals surface area contributed by atoms with E-state index in [2.05, 4.69) is 4.98 Å². The number of aldehydes is 1. The van der Waals surface area contributed by atoms with E-state index in [4.69, 9.17) is 9.47 Å². The third-order valence-electron chi connectivity index (χ3n) is 2.53. The molecule has 0 aliphatic carbocycles. The van der Waals surface area contributed by atoms with E-state index in [1.54, 1.807) is 24.4 Å². The minimum atomic E-state index is 0.297. The molecule has 98 valence electrons. The Balaban J connectivity index is 2.20. The van der Waals surface area contributed by atoms with E-state index in [-0.39, 0.29) is 0 Å². The van der Waals surface area contributed by atoms with Crippen LogP contribution in [0.4, 0.5) is 0 Å². The molecule has 0 amide bonds. The summed E-state index contributed by atoms with van der Waals surface area (Å²) in [5, 5.41) is 0. The van der Waals surface area contributed by atoms with Crippen molar-refractivity contribution in [2.75, 3.05) is 6.61 Å². The van der Waals surface area contributed by atoms with Crippen molar-refractivity contribution in [3.8, 4) is 11.5 Å². The highest BCUT2D eigenvalue weighted by Gasteiger charge is 2.10. The highest BCUT2D eigenvalue weighted by atomic mass is 16.5. The van der Waals surface area contributed by atoms with Gasteiger partial charge in [0.15, 0.2) is 17.8 Å². The predicted molar refractivity (Wildman–Crippen MR) is 71.6 cm³/mol. The molecular weight excluding hydrogens is 242 g/mol. The monoisotopic (exact) mass is 257 g/mol. The zero-order valence-corrected chi connectivity index (χ0v) is 10.7. The lowest BCUT2D eigenvalue weighted by molar-refractivity contribution is 0.111. The van der Waals surface area contributed by atoms with E-state index in [0.717, 1.165) is 12.0 Å². The number of aromatic nitrogens is 1. The number of rotatable bonds is 6. The summed E-state index contributed by atoms with van der Waals surface area (Å²) in [6.45, 7) is 2.70. The zero-order valence-electron chi connectivity index (χ0n) is 10.7. The zero-order chi connectivity index (χ0) is 13.5. The number of carbonyl (C=O) groups excluding carboxylic acids is 1. The van der Waals surface area contributed by atoms with Gasteiger partial charge in [-0.05, 0) is 31.2 Å². The molecule has 0 saturated carbocycles. The van der Waals surface area contributed by atoms with Gasteiger partial charge in [-0.25, -0.2) is 0 Å². The first-order valence-electron chi connectivity index (χ1n) is 6.09. The molecule has 0 aliphatic rings. The van der Waals surface area contributed by atoms with E-state index in [1.807, 2.05) is 25.1 Å². The molecule has 2 rings (SSSR count). The molecule has 0 unspecified atom stereocenters. The van der Waals surface area contributed by atoms with E-state index in [1.165, 1.54) is 0 Å². The summed E-state index contributed by atoms with van der Waals surface area (Å²) < 4.78 is 11.1. The summed E-state index contributed by atoms with van der Waals surface area (Å²) in [7, 11) is 0. The first kappa shape index (κ1) is 13.1. The second kappa shape index (κ2) is 6.54. The second-order valence-corrected chi connectivity index (χ2v) is 3.84. The molecule has 0 spiro atoms. The number of carbonyl (C=O) groups is 1. The van der Waals surface area contributed by atoms with E-state index in [0.29, 0.717) is 30.3 Å². The normalized spacial score (nSPS) is 9.95. The van der Waals surface area contributed by atoms with Gasteiger partial charge in [0.25, 0.3) is 0 Å². The Hall–Kier alpha value is -2.36. The molecule has 0 radical (unpaired) electrons. The molecule has 1 aromatic heterocycles. The van der Waals surface area contributed by atoms with Crippen LogP contribution in [-0.2, 0) is 6.61 Å². The molecule has 19 heavy (non-hydrogen) atoms. The Morgan fingerprint density at radius 1 is 1.16 bits per heavy atom. The fourth-order valence-corrected chi connectivity index (χ4v) is 1.68. The number of ether oxygens (including phenoxy) is 2. The molecule has 0 fully saturated rings. The second-order valence-electron chi connectivity index (χ2n) is 3.84. The highest BCUT2D eigenvalue weighted by molar-refractivity contribution is 5.81. The van der Waals surface area contributed by atoms with Gasteiger partial charge in [-0.15, -0.1) is 0 Å². The number of nitrogens with zero attached hydrogens (tertiary/aromatic N) is 1. The van der Waals surface area contributed by atoms with Crippen LogP contribution >= 0.6 is 0 Å². The van der Waals surface area contributed by atoms with Gasteiger partial charge < -0.3 is 9.47 Å². The number of benzene rings is 1. The predicted octanol–water partition coefficient (Wildman–Crippen LogP) is 2.87. The molecule has 1 aromatic carbocycles. The van der Waals surface area contributed by atoms with Crippen molar-refractivity contribution >= 4 is 6.29 Å². The van der Waals surface area contributed by atoms with Crippen molar-refractivity contribution < 1.29 is 14.3 Å². The average Bonchev–Trinajstić information content (AvgIpc) is 2.47. The SMILES string of the molecule is CCOc1cccc(C=O)c1OCc1ccccn1. The van der Waals surface area contributed by atoms with Crippen LogP contribution in [0.2, 0.25) is 0 Å². The molecular formula is C15H15NO3. The summed E-state index contributed by atoms with van der Waals surface area (Å²) in [6.07, 6.45) is 2.46. The molecule has 0 bridgehead atoms. The minimum absolute atomic E-state index is 0.297. The molecule has 2 aromatic rings. The van der Waals surface area contributed by atoms with Gasteiger partial charge in [0.2, 0.25) is 0 Å². The van der Waals surface area contributed by atoms with Gasteiger partial charge in [-0.1, -0.05) is 12.1 Å². The Labute approximate surface area is 112 Å². The molecule has 4 heteroatoms.